The molecule has 0 unspecified atom stereocenters. The van der Waals surface area contributed by atoms with Crippen LogP contribution >= 0.6 is 23.6 Å². The molecule has 2 aromatic carbocycles. The third-order valence-electron chi connectivity index (χ3n) is 18.1. The van der Waals surface area contributed by atoms with Crippen molar-refractivity contribution >= 4 is 93.6 Å². The van der Waals surface area contributed by atoms with Crippen LogP contribution in [0, 0.1) is 29.6 Å². The number of carbonyl (C=O) groups excluding carboxylic acids is 10. The van der Waals surface area contributed by atoms with Crippen molar-refractivity contribution in [2.24, 2.45) is 35.3 Å². The Morgan fingerprint density at radius 1 is 0.763 bits per heavy atom. The molecule has 0 saturated carbocycles. The number of unbranched alkanes of at least 4 members (excludes halogenated alkanes) is 2. The number of thiocarbonyl (C=S) groups is 1. The summed E-state index contributed by atoms with van der Waals surface area (Å²) in [4.78, 5) is 145. The van der Waals surface area contributed by atoms with Crippen LogP contribution < -0.4 is 37.6 Å². The minimum atomic E-state index is -1.11. The Bertz CT molecular complexity index is 3120. The number of likely N-dealkylation sites (N-methyl/N-ethyl adjacent to an activating group) is 2. The van der Waals surface area contributed by atoms with Crippen molar-refractivity contribution < 1.29 is 62.2 Å². The van der Waals surface area contributed by atoms with Gasteiger partial charge in [-0.3, -0.25) is 48.2 Å². The second kappa shape index (κ2) is 39.5. The molecule has 0 radical (unpaired) electrons. The third kappa shape index (κ3) is 23.7. The van der Waals surface area contributed by atoms with Gasteiger partial charge in [-0.05, 0) is 91.9 Å². The van der Waals surface area contributed by atoms with Gasteiger partial charge in [0, 0.05) is 89.7 Å². The summed E-state index contributed by atoms with van der Waals surface area (Å²) >= 11 is 7.65. The van der Waals surface area contributed by atoms with Crippen LogP contribution in [0.4, 0.5) is 15.3 Å². The van der Waals surface area contributed by atoms with E-state index in [0.29, 0.717) is 61.3 Å². The van der Waals surface area contributed by atoms with Crippen LogP contribution in [0.5, 0.6) is 0 Å². The van der Waals surface area contributed by atoms with Crippen LogP contribution in [0.1, 0.15) is 149 Å². The van der Waals surface area contributed by atoms with E-state index in [0.717, 1.165) is 21.9 Å². The Kier molecular flexibility index (Phi) is 32.5. The number of ether oxygens (including phenoxy) is 3. The predicted octanol–water partition coefficient (Wildman–Crippen LogP) is 7.20. The molecule has 8 N–H and O–H groups in total. The molecule has 3 aromatic rings. The number of nitrogens with zero attached hydrogens (tertiary/aromatic N) is 5. The van der Waals surface area contributed by atoms with Gasteiger partial charge < -0.3 is 61.6 Å². The molecule has 3 heterocycles. The molecular weight excluding hydrogens is 1280 g/mol. The molecule has 534 valence electrons. The lowest BCUT2D eigenvalue weighted by atomic mass is 9.89. The molecule has 1 saturated heterocycles. The average Bonchev–Trinajstić information content (AvgIpc) is 1.80. The van der Waals surface area contributed by atoms with Crippen LogP contribution in [0.25, 0.3) is 0 Å². The molecule has 2 aliphatic heterocycles. The lowest BCUT2D eigenvalue weighted by Crippen LogP contribution is -2.60. The van der Waals surface area contributed by atoms with Gasteiger partial charge in [0.2, 0.25) is 35.4 Å². The monoisotopic (exact) mass is 1380 g/mol. The molecule has 1 aromatic heterocycles. The Labute approximate surface area is 581 Å². The number of primary amides is 1. The molecular formula is C70H104N12O13S2. The molecule has 1 fully saturated rings. The highest BCUT2D eigenvalue weighted by molar-refractivity contribution is 7.80. The standard InChI is InChI=1S/C70H104N12O13S2/c1-14-45(8)61(53(93-12)40-57(86)81-37-22-26-52(81)62(94-13)46(9)66(96)76-51(67-72-35-38-97-67)39-47-23-17-15-18-24-47)79(10)68(90)59(43(4)5)78-65(89)60(44(6)7)80(11)70(92)95-41-48-28-30-49(31-29-48)74-63(87)50(25-21-34-73-69(71)91)75-64(88)58(42(2)3)77-54(83)27-19-16-20-36-82-55(84)32-33-56(82)85/h15,17-18,23-24,28-33,35,38,42-46,50-53,58-62H,14,16,19-22,25-27,34,36-37,39-41H2,1-13H3,(H,74,87)(H,75,88)(H,76,96)(H,77,83)(H,78,89)(H3,71,73,91)/t45-,46+,50-,51-,52-,53+,58-,59-,60-,61-,62+/m0/s1. The maximum atomic E-state index is 14.9. The minimum absolute atomic E-state index is 0.0236. The highest BCUT2D eigenvalue weighted by atomic mass is 32.1. The Hall–Kier alpha value is -7.88. The maximum Gasteiger partial charge on any atom is 0.410 e. The number of hydrogen-bond donors (Lipinski definition) is 7. The average molecular weight is 1390 g/mol. The molecule has 0 spiro atoms. The summed E-state index contributed by atoms with van der Waals surface area (Å²) < 4.78 is 18.1. The van der Waals surface area contributed by atoms with E-state index in [-0.39, 0.29) is 105 Å². The molecule has 5 rings (SSSR count). The largest absolute Gasteiger partial charge is 0.445 e. The number of urea groups is 1. The summed E-state index contributed by atoms with van der Waals surface area (Å²) in [7, 11) is 6.31. The first-order valence-corrected chi connectivity index (χ1v) is 35.0. The van der Waals surface area contributed by atoms with Gasteiger partial charge in [-0.2, -0.15) is 0 Å². The van der Waals surface area contributed by atoms with Crippen molar-refractivity contribution in [3.05, 3.63) is 94.5 Å². The first-order valence-electron chi connectivity index (χ1n) is 33.7. The number of benzene rings is 2. The molecule has 27 heteroatoms. The van der Waals surface area contributed by atoms with E-state index in [4.69, 9.17) is 32.2 Å². The quantitative estimate of drug-likeness (QED) is 0.0169. The van der Waals surface area contributed by atoms with Crippen molar-refractivity contribution in [2.75, 3.05) is 53.3 Å². The normalized spacial score (nSPS) is 16.9. The fourth-order valence-corrected chi connectivity index (χ4v) is 13.4. The summed E-state index contributed by atoms with van der Waals surface area (Å²) in [6.45, 7) is 17.4. The molecule has 0 aliphatic carbocycles. The SMILES string of the molecule is CC[C@H](C)[C@@H]([C@@H](CC(=O)N1CCC[C@H]1[C@H](OC)[C@@H](C)C(=S)N[C@@H](Cc1ccccc1)c1nccs1)OC)N(C)C(=O)[C@@H](NC(=O)[C@H](C(C)C)N(C)C(=O)OCc1ccc(NC(=O)[C@H](CCCNC(N)=O)NC(=O)[C@@H](NC(=O)CCCCCN2C(=O)C=CC2=O)C(C)C)cc1)C(C)C. The van der Waals surface area contributed by atoms with Crippen molar-refractivity contribution in [2.45, 2.75) is 194 Å². The van der Waals surface area contributed by atoms with E-state index in [1.807, 2.05) is 63.1 Å². The summed E-state index contributed by atoms with van der Waals surface area (Å²) in [6.07, 6.45) is 7.00. The van der Waals surface area contributed by atoms with Crippen molar-refractivity contribution in [3.8, 4) is 0 Å². The maximum absolute atomic E-state index is 14.9. The second-order valence-electron chi connectivity index (χ2n) is 26.2. The Morgan fingerprint density at radius 2 is 1.43 bits per heavy atom. The third-order valence-corrected chi connectivity index (χ3v) is 19.5. The lowest BCUT2D eigenvalue weighted by Gasteiger charge is -2.41. The van der Waals surface area contributed by atoms with Gasteiger partial charge in [-0.1, -0.05) is 130 Å². The van der Waals surface area contributed by atoms with Gasteiger partial charge in [0.25, 0.3) is 11.8 Å². The number of aromatic nitrogens is 1. The highest BCUT2D eigenvalue weighted by Gasteiger charge is 2.44. The van der Waals surface area contributed by atoms with Gasteiger partial charge in [0.05, 0.1) is 41.7 Å². The van der Waals surface area contributed by atoms with Gasteiger partial charge in [0.1, 0.15) is 35.8 Å². The fourth-order valence-electron chi connectivity index (χ4n) is 12.4. The van der Waals surface area contributed by atoms with Crippen LogP contribution in [-0.2, 0) is 65.6 Å². The lowest BCUT2D eigenvalue weighted by molar-refractivity contribution is -0.147. The fraction of sp³-hybridized carbons (Fsp3) is 0.600. The number of amides is 11. The van der Waals surface area contributed by atoms with Crippen LogP contribution in [0.3, 0.4) is 0 Å². The molecule has 2 aliphatic rings. The topological polar surface area (TPSA) is 322 Å². The second-order valence-corrected chi connectivity index (χ2v) is 27.6. The molecule has 0 bridgehead atoms. The minimum Gasteiger partial charge on any atom is -0.445 e. The summed E-state index contributed by atoms with van der Waals surface area (Å²) in [6, 6.07) is 10.6. The first kappa shape index (κ1) is 79.8. The van der Waals surface area contributed by atoms with Gasteiger partial charge >= 0.3 is 12.1 Å². The zero-order valence-corrected chi connectivity index (χ0v) is 60.3. The Morgan fingerprint density at radius 3 is 2.02 bits per heavy atom. The number of anilines is 1. The summed E-state index contributed by atoms with van der Waals surface area (Å²) in [5.41, 5.74) is 7.28. The van der Waals surface area contributed by atoms with Crippen molar-refractivity contribution in [1.29, 1.82) is 0 Å². The molecule has 11 atom stereocenters. The summed E-state index contributed by atoms with van der Waals surface area (Å²) in [5.74, 6) is -5.02. The highest BCUT2D eigenvalue weighted by Crippen LogP contribution is 2.31. The predicted molar refractivity (Wildman–Crippen MR) is 375 cm³/mol. The van der Waals surface area contributed by atoms with Crippen LogP contribution in [0.2, 0.25) is 0 Å². The van der Waals surface area contributed by atoms with Crippen molar-refractivity contribution in [1.82, 2.24) is 51.2 Å². The number of imide groups is 1. The number of likely N-dealkylation sites (tertiary alicyclic amines) is 1. The van der Waals surface area contributed by atoms with Crippen LogP contribution in [0.15, 0.2) is 78.3 Å². The van der Waals surface area contributed by atoms with E-state index in [9.17, 15) is 47.9 Å². The molecule has 97 heavy (non-hydrogen) atoms. The van der Waals surface area contributed by atoms with E-state index in [1.54, 1.807) is 95.7 Å². The van der Waals surface area contributed by atoms with Gasteiger partial charge in [-0.15, -0.1) is 11.3 Å². The van der Waals surface area contributed by atoms with E-state index < -0.39 is 84.1 Å². The van der Waals surface area contributed by atoms with Gasteiger partial charge in [-0.25, -0.2) is 14.6 Å². The number of nitrogens with one attached hydrogen (secondary N) is 6. The number of rotatable bonds is 39. The number of carbonyl (C=O) groups is 10. The van der Waals surface area contributed by atoms with Crippen LogP contribution in [-0.4, -0.2) is 185 Å². The zero-order valence-electron chi connectivity index (χ0n) is 58.6. The van der Waals surface area contributed by atoms with Gasteiger partial charge in [0.15, 0.2) is 0 Å². The number of hydrogen-bond acceptors (Lipinski definition) is 16. The number of methoxy groups -OCH3 is 2. The molecule has 25 nitrogen and oxygen atoms in total. The Balaban J connectivity index is 1.18. The van der Waals surface area contributed by atoms with E-state index in [2.05, 4.69) is 49.0 Å². The zero-order chi connectivity index (χ0) is 71.6. The molecule has 11 amide bonds. The van der Waals surface area contributed by atoms with E-state index in [1.165, 1.54) is 24.1 Å². The van der Waals surface area contributed by atoms with E-state index >= 15 is 0 Å². The smallest absolute Gasteiger partial charge is 0.410 e. The van der Waals surface area contributed by atoms with Crippen molar-refractivity contribution in [3.63, 3.8) is 0 Å². The summed E-state index contributed by atoms with van der Waals surface area (Å²) in [5, 5.41) is 20.2. The first-order chi connectivity index (χ1) is 46.1. The number of thiazole rings is 1. The number of nitrogens with two attached hydrogens (primary N) is 1.